The van der Waals surface area contributed by atoms with E-state index in [1.807, 2.05) is 0 Å². The van der Waals surface area contributed by atoms with Gasteiger partial charge in [0.25, 0.3) is 0 Å². The highest BCUT2D eigenvalue weighted by atomic mass is 16.6. The summed E-state index contributed by atoms with van der Waals surface area (Å²) in [5.41, 5.74) is 4.28. The van der Waals surface area contributed by atoms with Gasteiger partial charge in [-0.2, -0.15) is 0 Å². The number of hydrogen-bond acceptors (Lipinski definition) is 5. The van der Waals surface area contributed by atoms with Crippen molar-refractivity contribution in [2.75, 3.05) is 25.0 Å². The third-order valence-corrected chi connectivity index (χ3v) is 9.37. The summed E-state index contributed by atoms with van der Waals surface area (Å²) >= 11 is 0. The third kappa shape index (κ3) is 1.99. The van der Waals surface area contributed by atoms with Crippen molar-refractivity contribution in [3.63, 3.8) is 0 Å². The topological polar surface area (TPSA) is 54.0 Å². The first-order chi connectivity index (χ1) is 16.2. The standard InChI is InChI=1S/C26H28BN3O3/c27-18-9-3-1-7-16(18)25-22-12-20-24(31)29(13-15-6-5-11-32-15)14-21(30(20)25)23-26(25,33-22)17-8-2-4-10-19(17)28-23/h1-4,7-10,15,20-23,28H,5-6,11-14,27H2/t15?,20-,21?,22?,23+,25?,26?/m0/s1. The molecule has 2 aromatic rings. The van der Waals surface area contributed by atoms with Crippen molar-refractivity contribution in [2.24, 2.45) is 0 Å². The maximum Gasteiger partial charge on any atom is 0.240 e. The molecule has 7 heteroatoms. The van der Waals surface area contributed by atoms with Crippen molar-refractivity contribution in [1.29, 1.82) is 0 Å². The van der Waals surface area contributed by atoms with E-state index in [1.165, 1.54) is 22.3 Å². The molecule has 5 unspecified atom stereocenters. The van der Waals surface area contributed by atoms with E-state index in [9.17, 15) is 4.79 Å². The number of nitrogens with zero attached hydrogens (tertiary/aromatic N) is 2. The van der Waals surface area contributed by atoms with Crippen molar-refractivity contribution in [2.45, 2.75) is 60.7 Å². The van der Waals surface area contributed by atoms with Gasteiger partial charge in [-0.25, -0.2) is 0 Å². The number of carbonyl (C=O) groups is 1. The molecule has 0 bridgehead atoms. The van der Waals surface area contributed by atoms with Gasteiger partial charge in [0.2, 0.25) is 5.91 Å². The first-order valence-electron chi connectivity index (χ1n) is 12.4. The number of rotatable bonds is 3. The Morgan fingerprint density at radius 1 is 1.12 bits per heavy atom. The highest BCUT2D eigenvalue weighted by Crippen LogP contribution is 2.74. The summed E-state index contributed by atoms with van der Waals surface area (Å²) in [7, 11) is 2.21. The Balaban J connectivity index is 1.31. The number of nitrogens with one attached hydrogen (secondary N) is 1. The smallest absolute Gasteiger partial charge is 0.240 e. The molecule has 0 aromatic heterocycles. The molecule has 5 fully saturated rings. The summed E-state index contributed by atoms with van der Waals surface area (Å²) in [5.74, 6) is 0.260. The van der Waals surface area contributed by atoms with E-state index in [4.69, 9.17) is 9.47 Å². The van der Waals surface area contributed by atoms with Gasteiger partial charge < -0.3 is 19.7 Å². The van der Waals surface area contributed by atoms with Crippen molar-refractivity contribution < 1.29 is 14.3 Å². The van der Waals surface area contributed by atoms with Gasteiger partial charge in [-0.15, -0.1) is 0 Å². The molecule has 1 N–H and O–H groups in total. The Morgan fingerprint density at radius 3 is 2.76 bits per heavy atom. The number of piperazine rings is 1. The second-order valence-electron chi connectivity index (χ2n) is 10.7. The fourth-order valence-corrected chi connectivity index (χ4v) is 8.34. The average Bonchev–Trinajstić information content (AvgIpc) is 3.53. The summed E-state index contributed by atoms with van der Waals surface area (Å²) in [6.45, 7) is 2.27. The zero-order valence-electron chi connectivity index (χ0n) is 18.9. The van der Waals surface area contributed by atoms with Gasteiger partial charge in [-0.3, -0.25) is 9.69 Å². The summed E-state index contributed by atoms with van der Waals surface area (Å²) in [5, 5.41) is 3.87. The largest absolute Gasteiger partial charge is 0.377 e. The van der Waals surface area contributed by atoms with Crippen LogP contribution in [0.2, 0.25) is 0 Å². The number of ether oxygens (including phenoxy) is 2. The number of para-hydroxylation sites is 1. The number of anilines is 1. The van der Waals surface area contributed by atoms with E-state index in [-0.39, 0.29) is 41.8 Å². The lowest BCUT2D eigenvalue weighted by molar-refractivity contribution is -0.286. The zero-order valence-corrected chi connectivity index (χ0v) is 18.9. The molecule has 8 rings (SSSR count). The van der Waals surface area contributed by atoms with Crippen molar-refractivity contribution in [3.8, 4) is 0 Å². The minimum Gasteiger partial charge on any atom is -0.377 e. The fraction of sp³-hybridized carbons (Fsp3) is 0.500. The number of carbonyl (C=O) groups excluding carboxylic acids is 1. The molecule has 1 amide bonds. The van der Waals surface area contributed by atoms with Crippen LogP contribution < -0.4 is 10.8 Å². The van der Waals surface area contributed by atoms with Gasteiger partial charge in [0.05, 0.1) is 30.3 Å². The molecule has 0 aliphatic carbocycles. The zero-order chi connectivity index (χ0) is 21.9. The first kappa shape index (κ1) is 19.0. The molecule has 0 radical (unpaired) electrons. The highest BCUT2D eigenvalue weighted by Gasteiger charge is 2.87. The van der Waals surface area contributed by atoms with Gasteiger partial charge in [-0.05, 0) is 24.5 Å². The lowest BCUT2D eigenvalue weighted by atomic mass is 9.61. The van der Waals surface area contributed by atoms with Crippen molar-refractivity contribution in [3.05, 3.63) is 59.7 Å². The maximum absolute atomic E-state index is 13.9. The van der Waals surface area contributed by atoms with Crippen LogP contribution in [0.15, 0.2) is 48.5 Å². The summed E-state index contributed by atoms with van der Waals surface area (Å²) in [4.78, 5) is 18.6. The van der Waals surface area contributed by atoms with Crippen LogP contribution in [0.5, 0.6) is 0 Å². The summed E-state index contributed by atoms with van der Waals surface area (Å²) in [6.07, 6.45) is 3.12. The van der Waals surface area contributed by atoms with Gasteiger partial charge in [0.1, 0.15) is 19.0 Å². The average molecular weight is 441 g/mol. The molecule has 33 heavy (non-hydrogen) atoms. The Labute approximate surface area is 194 Å². The highest BCUT2D eigenvalue weighted by molar-refractivity contribution is 6.33. The van der Waals surface area contributed by atoms with Crippen LogP contribution in [-0.2, 0) is 25.4 Å². The minimum absolute atomic E-state index is 0.0238. The van der Waals surface area contributed by atoms with Crippen molar-refractivity contribution >= 4 is 24.9 Å². The predicted octanol–water partition coefficient (Wildman–Crippen LogP) is 0.706. The second-order valence-corrected chi connectivity index (χ2v) is 10.7. The van der Waals surface area contributed by atoms with E-state index >= 15 is 0 Å². The van der Waals surface area contributed by atoms with Gasteiger partial charge in [-0.1, -0.05) is 47.9 Å². The van der Waals surface area contributed by atoms with Gasteiger partial charge >= 0.3 is 0 Å². The molecule has 5 saturated heterocycles. The Hall–Kier alpha value is -2.35. The lowest BCUT2D eigenvalue weighted by Crippen LogP contribution is -2.71. The molecule has 6 aliphatic heterocycles. The number of benzene rings is 2. The molecular weight excluding hydrogens is 413 g/mol. The molecule has 2 aromatic carbocycles. The Bertz CT molecular complexity index is 1180. The lowest BCUT2D eigenvalue weighted by Gasteiger charge is -2.60. The second kappa shape index (κ2) is 6.20. The summed E-state index contributed by atoms with van der Waals surface area (Å²) in [6, 6.07) is 17.6. The van der Waals surface area contributed by atoms with Crippen LogP contribution in [0.4, 0.5) is 5.69 Å². The van der Waals surface area contributed by atoms with Gasteiger partial charge in [0, 0.05) is 37.4 Å². The SMILES string of the molecule is Bc1ccccc1C12C3C[C@H]4C(=O)N(CC5CCCO5)CC([C@H]5Nc6ccccc6C51O3)N42. The molecule has 6 nitrogen and oxygen atoms in total. The molecule has 6 heterocycles. The van der Waals surface area contributed by atoms with Crippen LogP contribution in [0.25, 0.3) is 0 Å². The van der Waals surface area contributed by atoms with E-state index in [0.29, 0.717) is 0 Å². The van der Waals surface area contributed by atoms with Crippen LogP contribution in [-0.4, -0.2) is 73.6 Å². The van der Waals surface area contributed by atoms with Crippen LogP contribution in [0.3, 0.4) is 0 Å². The third-order valence-electron chi connectivity index (χ3n) is 9.37. The Morgan fingerprint density at radius 2 is 1.94 bits per heavy atom. The molecule has 7 atom stereocenters. The predicted molar refractivity (Wildman–Crippen MR) is 126 cm³/mol. The first-order valence-corrected chi connectivity index (χ1v) is 12.4. The normalized spacial score (nSPS) is 42.0. The number of amides is 1. The maximum atomic E-state index is 13.9. The quantitative estimate of drug-likeness (QED) is 0.712. The van der Waals surface area contributed by atoms with Crippen LogP contribution in [0, 0.1) is 0 Å². The Kier molecular flexibility index (Phi) is 3.57. The molecule has 0 saturated carbocycles. The van der Waals surface area contributed by atoms with E-state index in [2.05, 4.69) is 71.5 Å². The van der Waals surface area contributed by atoms with E-state index in [0.717, 1.165) is 39.0 Å². The summed E-state index contributed by atoms with van der Waals surface area (Å²) < 4.78 is 12.9. The van der Waals surface area contributed by atoms with Crippen molar-refractivity contribution in [1.82, 2.24) is 9.80 Å². The molecule has 1 spiro atoms. The fourth-order valence-electron chi connectivity index (χ4n) is 8.34. The monoisotopic (exact) mass is 441 g/mol. The number of fused-ring (bicyclic) bond motifs is 2. The molecular formula is C26H28BN3O3. The van der Waals surface area contributed by atoms with E-state index < -0.39 is 5.60 Å². The van der Waals surface area contributed by atoms with Crippen LogP contribution in [0.1, 0.15) is 30.4 Å². The molecule has 6 aliphatic rings. The van der Waals surface area contributed by atoms with E-state index in [1.54, 1.807) is 0 Å². The van der Waals surface area contributed by atoms with Gasteiger partial charge in [0.15, 0.2) is 0 Å². The molecule has 168 valence electrons. The number of hydrogen-bond donors (Lipinski definition) is 1. The minimum atomic E-state index is -0.458. The van der Waals surface area contributed by atoms with Crippen LogP contribution >= 0.6 is 0 Å².